The molecule has 0 aliphatic carbocycles. The second-order valence-electron chi connectivity index (χ2n) is 7.48. The van der Waals surface area contributed by atoms with Crippen molar-refractivity contribution >= 4 is 35.1 Å². The zero-order valence-electron chi connectivity index (χ0n) is 17.2. The lowest BCUT2D eigenvalue weighted by Gasteiger charge is -2.37. The van der Waals surface area contributed by atoms with Crippen LogP contribution in [0.25, 0.3) is 0 Å². The molecule has 0 saturated carbocycles. The van der Waals surface area contributed by atoms with Crippen molar-refractivity contribution in [3.8, 4) is 0 Å². The minimum atomic E-state index is -0.762. The van der Waals surface area contributed by atoms with Gasteiger partial charge in [-0.15, -0.1) is 0 Å². The van der Waals surface area contributed by atoms with E-state index >= 15 is 0 Å². The highest BCUT2D eigenvalue weighted by molar-refractivity contribution is 6.32. The second-order valence-corrected chi connectivity index (χ2v) is 7.89. The number of hydrogen-bond acceptors (Lipinski definition) is 7. The van der Waals surface area contributed by atoms with Crippen molar-refractivity contribution in [2.24, 2.45) is 5.92 Å². The smallest absolute Gasteiger partial charge is 0.288 e. The molecule has 1 aliphatic rings. The Morgan fingerprint density at radius 1 is 1.16 bits per heavy atom. The normalized spacial score (nSPS) is 15.0. The van der Waals surface area contributed by atoms with Crippen LogP contribution in [0.4, 0.5) is 11.6 Å². The highest BCUT2D eigenvalue weighted by Crippen LogP contribution is 2.25. The predicted octanol–water partition coefficient (Wildman–Crippen LogP) is 2.14. The zero-order valence-corrected chi connectivity index (χ0v) is 18.0. The molecule has 1 fully saturated rings. The van der Waals surface area contributed by atoms with Gasteiger partial charge in [-0.25, -0.2) is 9.97 Å². The molecule has 0 radical (unpaired) electrons. The van der Waals surface area contributed by atoms with Crippen LogP contribution in [0.15, 0.2) is 36.7 Å². The lowest BCUT2D eigenvalue weighted by molar-refractivity contribution is -0.384. The summed E-state index contributed by atoms with van der Waals surface area (Å²) >= 11 is 5.81. The van der Waals surface area contributed by atoms with Crippen LogP contribution < -0.4 is 10.2 Å². The SMILES string of the molecule is CC(C)[C@H](NC(=O)c1ccc(Cl)c([N+](=O)[O-])c1)C(=O)N1CCN(c2ncccn2)CC1. The standard InChI is InChI=1S/C20H23ClN6O4/c1-13(2)17(24-18(28)14-4-5-15(21)16(12-14)27(30)31)19(29)25-8-10-26(11-9-25)20-22-6-3-7-23-20/h3-7,12-13,17H,8-11H2,1-2H3,(H,24,28)/t17-/m0/s1. The number of hydrogen-bond donors (Lipinski definition) is 1. The van der Waals surface area contributed by atoms with Gasteiger partial charge in [-0.1, -0.05) is 25.4 Å². The van der Waals surface area contributed by atoms with Gasteiger partial charge in [0.15, 0.2) is 0 Å². The molecule has 2 aromatic rings. The van der Waals surface area contributed by atoms with Crippen molar-refractivity contribution in [3.05, 3.63) is 57.4 Å². The Morgan fingerprint density at radius 3 is 2.39 bits per heavy atom. The molecule has 11 heteroatoms. The van der Waals surface area contributed by atoms with E-state index in [0.717, 1.165) is 6.07 Å². The van der Waals surface area contributed by atoms with Gasteiger partial charge in [-0.2, -0.15) is 0 Å². The number of piperazine rings is 1. The van der Waals surface area contributed by atoms with E-state index in [1.165, 1.54) is 12.1 Å². The van der Waals surface area contributed by atoms with Gasteiger partial charge in [0.25, 0.3) is 11.6 Å². The van der Waals surface area contributed by atoms with Crippen molar-refractivity contribution in [2.45, 2.75) is 19.9 Å². The molecule has 1 atom stereocenters. The quantitative estimate of drug-likeness (QED) is 0.532. The lowest BCUT2D eigenvalue weighted by atomic mass is 10.0. The van der Waals surface area contributed by atoms with Crippen molar-refractivity contribution in [1.82, 2.24) is 20.2 Å². The van der Waals surface area contributed by atoms with Crippen LogP contribution in [-0.2, 0) is 4.79 Å². The maximum Gasteiger partial charge on any atom is 0.288 e. The molecule has 10 nitrogen and oxygen atoms in total. The number of halogens is 1. The van der Waals surface area contributed by atoms with E-state index in [1.807, 2.05) is 18.7 Å². The first-order valence-electron chi connectivity index (χ1n) is 9.83. The van der Waals surface area contributed by atoms with E-state index in [2.05, 4.69) is 15.3 Å². The van der Waals surface area contributed by atoms with Gasteiger partial charge in [0.1, 0.15) is 11.1 Å². The van der Waals surface area contributed by atoms with Gasteiger partial charge >= 0.3 is 0 Å². The number of amides is 2. The average molecular weight is 447 g/mol. The molecule has 1 saturated heterocycles. The first kappa shape index (κ1) is 22.4. The van der Waals surface area contributed by atoms with E-state index in [-0.39, 0.29) is 28.1 Å². The van der Waals surface area contributed by atoms with Crippen molar-refractivity contribution < 1.29 is 14.5 Å². The summed E-state index contributed by atoms with van der Waals surface area (Å²) < 4.78 is 0. The Hall–Kier alpha value is -3.27. The molecule has 2 heterocycles. The van der Waals surface area contributed by atoms with Crippen LogP contribution >= 0.6 is 11.6 Å². The molecule has 31 heavy (non-hydrogen) atoms. The molecular formula is C20H23ClN6O4. The van der Waals surface area contributed by atoms with Crippen molar-refractivity contribution in [2.75, 3.05) is 31.1 Å². The number of benzene rings is 1. The Morgan fingerprint density at radius 2 is 1.81 bits per heavy atom. The van der Waals surface area contributed by atoms with Crippen LogP contribution in [0.1, 0.15) is 24.2 Å². The lowest BCUT2D eigenvalue weighted by Crippen LogP contribution is -2.56. The molecule has 0 unspecified atom stereocenters. The van der Waals surface area contributed by atoms with Crippen LogP contribution in [0.3, 0.4) is 0 Å². The van der Waals surface area contributed by atoms with Gasteiger partial charge in [-0.05, 0) is 24.1 Å². The summed E-state index contributed by atoms with van der Waals surface area (Å²) in [7, 11) is 0. The summed E-state index contributed by atoms with van der Waals surface area (Å²) in [6.07, 6.45) is 3.34. The molecule has 164 valence electrons. The van der Waals surface area contributed by atoms with E-state index in [1.54, 1.807) is 23.4 Å². The Labute approximate surface area is 184 Å². The van der Waals surface area contributed by atoms with E-state index in [9.17, 15) is 19.7 Å². The van der Waals surface area contributed by atoms with E-state index in [0.29, 0.717) is 32.1 Å². The van der Waals surface area contributed by atoms with Gasteiger partial charge in [0.2, 0.25) is 11.9 Å². The summed E-state index contributed by atoms with van der Waals surface area (Å²) in [5.41, 5.74) is -0.290. The molecule has 1 aromatic heterocycles. The highest BCUT2D eigenvalue weighted by Gasteiger charge is 2.31. The number of carbonyl (C=O) groups excluding carboxylic acids is 2. The summed E-state index contributed by atoms with van der Waals surface area (Å²) in [5.74, 6) is -0.314. The minimum Gasteiger partial charge on any atom is -0.340 e. The fourth-order valence-electron chi connectivity index (χ4n) is 3.31. The topological polar surface area (TPSA) is 122 Å². The molecule has 1 N–H and O–H groups in total. The summed E-state index contributed by atoms with van der Waals surface area (Å²) in [5, 5.41) is 13.8. The molecule has 1 aliphatic heterocycles. The number of nitrogens with zero attached hydrogens (tertiary/aromatic N) is 5. The highest BCUT2D eigenvalue weighted by atomic mass is 35.5. The predicted molar refractivity (Wildman–Crippen MR) is 115 cm³/mol. The fourth-order valence-corrected chi connectivity index (χ4v) is 3.50. The molecular weight excluding hydrogens is 424 g/mol. The summed E-state index contributed by atoms with van der Waals surface area (Å²) in [4.78, 5) is 48.4. The number of nitrogens with one attached hydrogen (secondary N) is 1. The van der Waals surface area contributed by atoms with Gasteiger partial charge in [-0.3, -0.25) is 19.7 Å². The number of anilines is 1. The van der Waals surface area contributed by atoms with E-state index < -0.39 is 16.9 Å². The number of carbonyl (C=O) groups is 2. The van der Waals surface area contributed by atoms with Crippen molar-refractivity contribution in [1.29, 1.82) is 0 Å². The van der Waals surface area contributed by atoms with Gasteiger partial charge in [0.05, 0.1) is 4.92 Å². The number of nitro groups is 1. The maximum atomic E-state index is 13.1. The van der Waals surface area contributed by atoms with E-state index in [4.69, 9.17) is 11.6 Å². The zero-order chi connectivity index (χ0) is 22.5. The minimum absolute atomic E-state index is 0.0571. The molecule has 1 aromatic carbocycles. The second kappa shape index (κ2) is 9.69. The molecule has 2 amide bonds. The third-order valence-corrected chi connectivity index (χ3v) is 5.37. The monoisotopic (exact) mass is 446 g/mol. The number of nitro benzene ring substituents is 1. The first-order valence-corrected chi connectivity index (χ1v) is 10.2. The third kappa shape index (κ3) is 5.26. The maximum absolute atomic E-state index is 13.1. The first-order chi connectivity index (χ1) is 14.8. The Bertz CT molecular complexity index is 963. The summed E-state index contributed by atoms with van der Waals surface area (Å²) in [6, 6.07) is 4.78. The van der Waals surface area contributed by atoms with Gasteiger partial charge in [0, 0.05) is 50.2 Å². The molecule has 0 bridgehead atoms. The van der Waals surface area contributed by atoms with Crippen LogP contribution in [0.5, 0.6) is 0 Å². The summed E-state index contributed by atoms with van der Waals surface area (Å²) in [6.45, 7) is 5.78. The number of aromatic nitrogens is 2. The van der Waals surface area contributed by atoms with Crippen LogP contribution in [-0.4, -0.2) is 63.8 Å². The van der Waals surface area contributed by atoms with Crippen molar-refractivity contribution in [3.63, 3.8) is 0 Å². The fraction of sp³-hybridized carbons (Fsp3) is 0.400. The molecule has 3 rings (SSSR count). The van der Waals surface area contributed by atoms with Crippen LogP contribution in [0.2, 0.25) is 5.02 Å². The Kier molecular flexibility index (Phi) is 7.01. The number of rotatable bonds is 6. The van der Waals surface area contributed by atoms with Gasteiger partial charge < -0.3 is 15.1 Å². The average Bonchev–Trinajstić information content (AvgIpc) is 2.77. The largest absolute Gasteiger partial charge is 0.340 e. The Balaban J connectivity index is 1.67. The van der Waals surface area contributed by atoms with Crippen LogP contribution in [0, 0.1) is 16.0 Å². The molecule has 0 spiro atoms. The third-order valence-electron chi connectivity index (χ3n) is 5.05.